The third-order valence-corrected chi connectivity index (χ3v) is 4.03. The van der Waals surface area contributed by atoms with Crippen molar-refractivity contribution >= 4 is 11.5 Å². The molecule has 1 aliphatic heterocycles. The third kappa shape index (κ3) is 3.53. The lowest BCUT2D eigenvalue weighted by atomic mass is 9.99. The molecule has 1 saturated heterocycles. The molecule has 0 aliphatic carbocycles. The van der Waals surface area contributed by atoms with E-state index >= 15 is 0 Å². The summed E-state index contributed by atoms with van der Waals surface area (Å²) in [6.45, 7) is 4.98. The van der Waals surface area contributed by atoms with Gasteiger partial charge in [-0.2, -0.15) is 9.61 Å². The molecule has 3 rings (SSSR count). The molecule has 2 aromatic heterocycles. The summed E-state index contributed by atoms with van der Waals surface area (Å²) in [4.78, 5) is 4.62. The lowest BCUT2D eigenvalue weighted by molar-refractivity contribution is 0.0530. The molecule has 5 nitrogen and oxygen atoms in total. The van der Waals surface area contributed by atoms with Crippen LogP contribution in [0.2, 0.25) is 0 Å². The Bertz CT molecular complexity index is 575. The van der Waals surface area contributed by atoms with Gasteiger partial charge in [-0.1, -0.05) is 13.3 Å². The molecular formula is C16H24N4O. The number of ether oxygens (including phenoxy) is 1. The Morgan fingerprint density at radius 1 is 1.48 bits per heavy atom. The van der Waals surface area contributed by atoms with E-state index in [-0.39, 0.29) is 0 Å². The number of anilines is 1. The second-order valence-corrected chi connectivity index (χ2v) is 5.78. The zero-order valence-electron chi connectivity index (χ0n) is 12.7. The Labute approximate surface area is 125 Å². The summed E-state index contributed by atoms with van der Waals surface area (Å²) in [6, 6.07) is 4.08. The second kappa shape index (κ2) is 6.89. The van der Waals surface area contributed by atoms with Gasteiger partial charge in [-0.3, -0.25) is 0 Å². The Hall–Kier alpha value is -1.62. The van der Waals surface area contributed by atoms with Crippen LogP contribution in [-0.2, 0) is 11.2 Å². The molecule has 0 saturated carbocycles. The fraction of sp³-hybridized carbons (Fsp3) is 0.625. The summed E-state index contributed by atoms with van der Waals surface area (Å²) in [5.74, 6) is 1.74. The van der Waals surface area contributed by atoms with E-state index in [1.54, 1.807) is 6.20 Å². The number of rotatable bonds is 6. The topological polar surface area (TPSA) is 51.5 Å². The van der Waals surface area contributed by atoms with Gasteiger partial charge in [0.1, 0.15) is 5.82 Å². The molecule has 0 unspecified atom stereocenters. The first-order valence-electron chi connectivity index (χ1n) is 8.02. The summed E-state index contributed by atoms with van der Waals surface area (Å²) in [6.07, 6.45) is 7.55. The van der Waals surface area contributed by atoms with Crippen LogP contribution in [0, 0.1) is 5.92 Å². The van der Waals surface area contributed by atoms with Crippen LogP contribution in [0.15, 0.2) is 18.3 Å². The van der Waals surface area contributed by atoms with Gasteiger partial charge in [-0.05, 0) is 31.6 Å². The van der Waals surface area contributed by atoms with Gasteiger partial charge in [0, 0.05) is 37.6 Å². The van der Waals surface area contributed by atoms with Crippen molar-refractivity contribution in [1.29, 1.82) is 0 Å². The van der Waals surface area contributed by atoms with E-state index in [9.17, 15) is 0 Å². The monoisotopic (exact) mass is 288 g/mol. The molecule has 3 heterocycles. The number of fused-ring (bicyclic) bond motifs is 1. The lowest BCUT2D eigenvalue weighted by Crippen LogP contribution is -2.20. The molecule has 0 bridgehead atoms. The number of hydrogen-bond acceptors (Lipinski definition) is 4. The molecule has 0 aromatic carbocycles. The van der Waals surface area contributed by atoms with Crippen molar-refractivity contribution in [3.8, 4) is 0 Å². The minimum atomic E-state index is 0.691. The van der Waals surface area contributed by atoms with E-state index in [0.717, 1.165) is 56.2 Å². The van der Waals surface area contributed by atoms with Crippen molar-refractivity contribution in [2.45, 2.75) is 39.0 Å². The van der Waals surface area contributed by atoms with E-state index in [0.29, 0.717) is 5.92 Å². The van der Waals surface area contributed by atoms with Crippen LogP contribution >= 0.6 is 0 Å². The van der Waals surface area contributed by atoms with Crippen molar-refractivity contribution in [2.24, 2.45) is 5.92 Å². The largest absolute Gasteiger partial charge is 0.381 e. The Morgan fingerprint density at radius 3 is 3.24 bits per heavy atom. The van der Waals surface area contributed by atoms with Crippen LogP contribution < -0.4 is 5.32 Å². The molecule has 114 valence electrons. The molecule has 1 aliphatic rings. The van der Waals surface area contributed by atoms with Crippen molar-refractivity contribution in [1.82, 2.24) is 14.6 Å². The summed E-state index contributed by atoms with van der Waals surface area (Å²) in [5.41, 5.74) is 2.05. The van der Waals surface area contributed by atoms with Crippen molar-refractivity contribution < 1.29 is 4.74 Å². The standard InChI is InChI=1S/C16H24N4O/c1-2-4-14-11-16(20-15(19-14)7-9-18-20)17-8-6-13-5-3-10-21-12-13/h7,9,11,13,17H,2-6,8,10,12H2,1H3/t13-/m1/s1. The fourth-order valence-corrected chi connectivity index (χ4v) is 2.91. The third-order valence-electron chi connectivity index (χ3n) is 4.03. The number of nitrogens with one attached hydrogen (secondary N) is 1. The van der Waals surface area contributed by atoms with Gasteiger partial charge < -0.3 is 10.1 Å². The fourth-order valence-electron chi connectivity index (χ4n) is 2.91. The van der Waals surface area contributed by atoms with Gasteiger partial charge in [0.15, 0.2) is 5.65 Å². The van der Waals surface area contributed by atoms with E-state index < -0.39 is 0 Å². The van der Waals surface area contributed by atoms with Gasteiger partial charge in [0.25, 0.3) is 0 Å². The molecule has 0 amide bonds. The van der Waals surface area contributed by atoms with Gasteiger partial charge >= 0.3 is 0 Å². The maximum atomic E-state index is 5.54. The molecule has 0 spiro atoms. The molecule has 21 heavy (non-hydrogen) atoms. The summed E-state index contributed by atoms with van der Waals surface area (Å²) in [5, 5.41) is 7.88. The highest BCUT2D eigenvalue weighted by molar-refractivity contribution is 5.49. The molecule has 1 N–H and O–H groups in total. The highest BCUT2D eigenvalue weighted by Gasteiger charge is 2.13. The van der Waals surface area contributed by atoms with E-state index in [4.69, 9.17) is 4.74 Å². The molecule has 1 fully saturated rings. The molecule has 0 radical (unpaired) electrons. The second-order valence-electron chi connectivity index (χ2n) is 5.78. The van der Waals surface area contributed by atoms with Gasteiger partial charge in [0.2, 0.25) is 0 Å². The smallest absolute Gasteiger partial charge is 0.157 e. The predicted octanol–water partition coefficient (Wildman–Crippen LogP) is 2.91. The maximum absolute atomic E-state index is 5.54. The summed E-state index contributed by atoms with van der Waals surface area (Å²) >= 11 is 0. The average molecular weight is 288 g/mol. The highest BCUT2D eigenvalue weighted by atomic mass is 16.5. The van der Waals surface area contributed by atoms with Gasteiger partial charge in [-0.25, -0.2) is 4.98 Å². The van der Waals surface area contributed by atoms with Crippen LogP contribution in [-0.4, -0.2) is 34.4 Å². The van der Waals surface area contributed by atoms with Gasteiger partial charge in [-0.15, -0.1) is 0 Å². The Balaban J connectivity index is 1.65. The number of nitrogens with zero attached hydrogens (tertiary/aromatic N) is 3. The quantitative estimate of drug-likeness (QED) is 0.888. The number of aryl methyl sites for hydroxylation is 1. The highest BCUT2D eigenvalue weighted by Crippen LogP contribution is 2.18. The van der Waals surface area contributed by atoms with E-state index in [1.165, 1.54) is 12.8 Å². The zero-order valence-corrected chi connectivity index (χ0v) is 12.7. The van der Waals surface area contributed by atoms with Crippen molar-refractivity contribution in [3.05, 3.63) is 24.0 Å². The van der Waals surface area contributed by atoms with E-state index in [1.807, 2.05) is 10.6 Å². The Kier molecular flexibility index (Phi) is 4.70. The average Bonchev–Trinajstić information content (AvgIpc) is 2.97. The zero-order chi connectivity index (χ0) is 14.5. The van der Waals surface area contributed by atoms with Gasteiger partial charge in [0.05, 0.1) is 6.20 Å². The summed E-state index contributed by atoms with van der Waals surface area (Å²) in [7, 11) is 0. The first-order valence-corrected chi connectivity index (χ1v) is 8.02. The van der Waals surface area contributed by atoms with Crippen LogP contribution in [0.4, 0.5) is 5.82 Å². The predicted molar refractivity (Wildman–Crippen MR) is 83.6 cm³/mol. The molecule has 2 aromatic rings. The van der Waals surface area contributed by atoms with Crippen molar-refractivity contribution in [2.75, 3.05) is 25.1 Å². The summed E-state index contributed by atoms with van der Waals surface area (Å²) < 4.78 is 7.42. The normalized spacial score (nSPS) is 19.0. The minimum absolute atomic E-state index is 0.691. The Morgan fingerprint density at radius 2 is 2.43 bits per heavy atom. The lowest BCUT2D eigenvalue weighted by Gasteiger charge is -2.22. The SMILES string of the molecule is CCCc1cc(NCC[C@H]2CCCOC2)n2nccc2n1. The first-order chi connectivity index (χ1) is 10.4. The molecule has 1 atom stereocenters. The van der Waals surface area contributed by atoms with Crippen LogP contribution in [0.3, 0.4) is 0 Å². The maximum Gasteiger partial charge on any atom is 0.157 e. The van der Waals surface area contributed by atoms with Crippen molar-refractivity contribution in [3.63, 3.8) is 0 Å². The minimum Gasteiger partial charge on any atom is -0.381 e. The number of hydrogen-bond donors (Lipinski definition) is 1. The molecular weight excluding hydrogens is 264 g/mol. The van der Waals surface area contributed by atoms with Crippen LogP contribution in [0.25, 0.3) is 5.65 Å². The van der Waals surface area contributed by atoms with E-state index in [2.05, 4.69) is 28.4 Å². The molecule has 5 heteroatoms. The van der Waals surface area contributed by atoms with Crippen LogP contribution in [0.5, 0.6) is 0 Å². The number of aromatic nitrogens is 3. The van der Waals surface area contributed by atoms with Crippen LogP contribution in [0.1, 0.15) is 38.3 Å². The first kappa shape index (κ1) is 14.3.